The number of piperidine rings is 1. The lowest BCUT2D eigenvalue weighted by atomic mass is 10.0. The van der Waals surface area contributed by atoms with E-state index in [0.29, 0.717) is 40.8 Å². The topological polar surface area (TPSA) is 47.3 Å². The number of aromatic nitrogens is 1. The number of nitrogens with one attached hydrogen (secondary N) is 1. The molecule has 26 heavy (non-hydrogen) atoms. The van der Waals surface area contributed by atoms with Crippen molar-refractivity contribution in [2.45, 2.75) is 69.2 Å². The van der Waals surface area contributed by atoms with Gasteiger partial charge in [0.1, 0.15) is 11.5 Å². The van der Waals surface area contributed by atoms with Gasteiger partial charge >= 0.3 is 0 Å². The van der Waals surface area contributed by atoms with Gasteiger partial charge in [0.15, 0.2) is 0 Å². The zero-order valence-corrected chi connectivity index (χ0v) is 16.0. The molecule has 6 heteroatoms. The van der Waals surface area contributed by atoms with Crippen molar-refractivity contribution in [3.63, 3.8) is 0 Å². The Bertz CT molecular complexity index is 786. The summed E-state index contributed by atoms with van der Waals surface area (Å²) in [6.45, 7) is 0.510. The van der Waals surface area contributed by atoms with Gasteiger partial charge in [0, 0.05) is 29.1 Å². The van der Waals surface area contributed by atoms with Crippen LogP contribution in [0.1, 0.15) is 55.8 Å². The number of hydrogen-bond acceptors (Lipinski definition) is 4. The molecule has 1 saturated carbocycles. The Morgan fingerprint density at radius 1 is 1.08 bits per heavy atom. The highest BCUT2D eigenvalue weighted by Gasteiger charge is 2.36. The van der Waals surface area contributed by atoms with Crippen molar-refractivity contribution in [2.75, 3.05) is 0 Å². The van der Waals surface area contributed by atoms with Crippen molar-refractivity contribution in [1.82, 2.24) is 10.5 Å². The summed E-state index contributed by atoms with van der Waals surface area (Å²) >= 11 is 12.8. The van der Waals surface area contributed by atoms with Crippen molar-refractivity contribution >= 4 is 23.2 Å². The maximum absolute atomic E-state index is 6.42. The largest absolute Gasteiger partial charge is 0.373 e. The number of hydrogen-bond donors (Lipinski definition) is 1. The summed E-state index contributed by atoms with van der Waals surface area (Å²) in [4.78, 5) is 0. The van der Waals surface area contributed by atoms with E-state index in [4.69, 9.17) is 32.5 Å². The van der Waals surface area contributed by atoms with Gasteiger partial charge in [0.2, 0.25) is 0 Å². The first-order valence-corrected chi connectivity index (χ1v) is 10.2. The first kappa shape index (κ1) is 17.1. The second kappa shape index (κ2) is 6.83. The molecule has 4 nitrogen and oxygen atoms in total. The number of fused-ring (bicyclic) bond motifs is 2. The fraction of sp³-hybridized carbons (Fsp3) is 0.550. The van der Waals surface area contributed by atoms with E-state index in [1.54, 1.807) is 0 Å². The summed E-state index contributed by atoms with van der Waals surface area (Å²) in [6, 6.07) is 6.74. The zero-order chi connectivity index (χ0) is 17.7. The molecule has 0 amide bonds. The monoisotopic (exact) mass is 392 g/mol. The molecule has 2 aromatic rings. The van der Waals surface area contributed by atoms with Gasteiger partial charge in [-0.2, -0.15) is 0 Å². The Balaban J connectivity index is 1.42. The summed E-state index contributed by atoms with van der Waals surface area (Å²) in [5.74, 6) is 1.41. The third-order valence-electron chi connectivity index (χ3n) is 5.86. The Hall–Kier alpha value is -1.07. The van der Waals surface area contributed by atoms with Crippen LogP contribution >= 0.6 is 23.2 Å². The van der Waals surface area contributed by atoms with Gasteiger partial charge in [-0.1, -0.05) is 34.4 Å². The molecule has 2 saturated heterocycles. The van der Waals surface area contributed by atoms with Crippen molar-refractivity contribution < 1.29 is 9.26 Å². The molecule has 0 spiro atoms. The fourth-order valence-corrected chi connectivity index (χ4v) is 4.97. The highest BCUT2D eigenvalue weighted by molar-refractivity contribution is 6.39. The van der Waals surface area contributed by atoms with Gasteiger partial charge < -0.3 is 14.6 Å². The van der Waals surface area contributed by atoms with Gasteiger partial charge in [-0.3, -0.25) is 0 Å². The van der Waals surface area contributed by atoms with Crippen LogP contribution in [0.5, 0.6) is 0 Å². The van der Waals surface area contributed by atoms with E-state index in [0.717, 1.165) is 48.3 Å². The quantitative estimate of drug-likeness (QED) is 0.746. The van der Waals surface area contributed by atoms with Crippen molar-refractivity contribution in [3.05, 3.63) is 39.6 Å². The lowest BCUT2D eigenvalue weighted by Gasteiger charge is -2.29. The minimum absolute atomic E-state index is 0.297. The fourth-order valence-electron chi connectivity index (χ4n) is 4.39. The predicted molar refractivity (Wildman–Crippen MR) is 102 cm³/mol. The molecule has 1 unspecified atom stereocenters. The van der Waals surface area contributed by atoms with Gasteiger partial charge in [0.25, 0.3) is 0 Å². The molecule has 3 atom stereocenters. The number of nitrogens with zero attached hydrogens (tertiary/aromatic N) is 1. The first-order chi connectivity index (χ1) is 12.7. The predicted octanol–water partition coefficient (Wildman–Crippen LogP) is 5.33. The second-order valence-electron chi connectivity index (χ2n) is 7.79. The molecule has 1 aromatic heterocycles. The minimum atomic E-state index is 0.297. The van der Waals surface area contributed by atoms with E-state index in [9.17, 15) is 0 Å². The summed E-state index contributed by atoms with van der Waals surface area (Å²) in [5.41, 5.74) is 2.50. The molecule has 3 aliphatic rings. The van der Waals surface area contributed by atoms with E-state index < -0.39 is 0 Å². The van der Waals surface area contributed by atoms with Crippen LogP contribution in [-0.2, 0) is 11.3 Å². The Morgan fingerprint density at radius 2 is 1.77 bits per heavy atom. The van der Waals surface area contributed by atoms with Gasteiger partial charge in [0.05, 0.1) is 22.8 Å². The van der Waals surface area contributed by atoms with E-state index in [2.05, 4.69) is 10.5 Å². The number of ether oxygens (including phenoxy) is 1. The molecule has 5 rings (SSSR count). The third kappa shape index (κ3) is 3.18. The third-order valence-corrected chi connectivity index (χ3v) is 6.49. The van der Waals surface area contributed by atoms with Gasteiger partial charge in [-0.25, -0.2) is 0 Å². The first-order valence-electron chi connectivity index (χ1n) is 9.49. The molecule has 0 radical (unpaired) electrons. The molecule has 3 heterocycles. The smallest absolute Gasteiger partial charge is 0.145 e. The molecule has 1 aliphatic carbocycles. The molecule has 3 fully saturated rings. The highest BCUT2D eigenvalue weighted by atomic mass is 35.5. The molecular formula is C20H22Cl2N2O2. The Morgan fingerprint density at radius 3 is 2.42 bits per heavy atom. The molecule has 1 N–H and O–H groups in total. The molecule has 138 valence electrons. The zero-order valence-electron chi connectivity index (χ0n) is 14.5. The second-order valence-corrected chi connectivity index (χ2v) is 8.60. The van der Waals surface area contributed by atoms with Crippen molar-refractivity contribution in [3.8, 4) is 11.3 Å². The molecule has 2 aliphatic heterocycles. The van der Waals surface area contributed by atoms with Crippen LogP contribution in [-0.4, -0.2) is 23.3 Å². The summed E-state index contributed by atoms with van der Waals surface area (Å²) in [5, 5.41) is 9.18. The maximum Gasteiger partial charge on any atom is 0.145 e. The Kier molecular flexibility index (Phi) is 4.48. The number of rotatable bonds is 5. The van der Waals surface area contributed by atoms with Crippen molar-refractivity contribution in [2.24, 2.45) is 0 Å². The van der Waals surface area contributed by atoms with E-state index in [1.807, 2.05) is 18.2 Å². The average molecular weight is 393 g/mol. The lowest BCUT2D eigenvalue weighted by Crippen LogP contribution is -2.41. The minimum Gasteiger partial charge on any atom is -0.373 e. The summed E-state index contributed by atoms with van der Waals surface area (Å²) in [7, 11) is 0. The lowest BCUT2D eigenvalue weighted by molar-refractivity contribution is 0.00876. The van der Waals surface area contributed by atoms with Gasteiger partial charge in [-0.15, -0.1) is 0 Å². The van der Waals surface area contributed by atoms with Crippen LogP contribution in [0.2, 0.25) is 10.0 Å². The normalized spacial score (nSPS) is 27.8. The number of benzene rings is 1. The highest BCUT2D eigenvalue weighted by Crippen LogP contribution is 2.46. The van der Waals surface area contributed by atoms with Gasteiger partial charge in [-0.05, 0) is 50.7 Å². The van der Waals surface area contributed by atoms with E-state index in [1.165, 1.54) is 12.8 Å². The molecule has 1 aromatic carbocycles. The van der Waals surface area contributed by atoms with Crippen LogP contribution in [0.3, 0.4) is 0 Å². The summed E-state index contributed by atoms with van der Waals surface area (Å²) in [6.07, 6.45) is 7.30. The molecule has 2 bridgehead atoms. The molecular weight excluding hydrogens is 371 g/mol. The van der Waals surface area contributed by atoms with E-state index >= 15 is 0 Å². The van der Waals surface area contributed by atoms with Crippen LogP contribution in [0.25, 0.3) is 11.3 Å². The average Bonchev–Trinajstić information content (AvgIpc) is 3.30. The van der Waals surface area contributed by atoms with E-state index in [-0.39, 0.29) is 0 Å². The Labute approximate surface area is 163 Å². The summed E-state index contributed by atoms with van der Waals surface area (Å²) < 4.78 is 12.1. The van der Waals surface area contributed by atoms with Crippen LogP contribution in [0.15, 0.2) is 22.7 Å². The van der Waals surface area contributed by atoms with Crippen LogP contribution < -0.4 is 5.32 Å². The van der Waals surface area contributed by atoms with Crippen LogP contribution in [0, 0.1) is 0 Å². The number of halogens is 2. The SMILES string of the molecule is Clc1cccc(Cl)c1-c1noc(C2CC2)c1COC1C[C@H]2CC[C@@H](C1)N2. The maximum atomic E-state index is 6.42. The van der Waals surface area contributed by atoms with Crippen LogP contribution in [0.4, 0.5) is 0 Å². The van der Waals surface area contributed by atoms with Crippen molar-refractivity contribution in [1.29, 1.82) is 0 Å². The standard InChI is InChI=1S/C20H22Cl2N2O2/c21-16-2-1-3-17(22)18(16)19-15(20(26-24-19)11-4-5-11)10-25-14-8-12-6-7-13(9-14)23-12/h1-3,11-14,23H,4-10H2/t12-,13+,14?.